The summed E-state index contributed by atoms with van der Waals surface area (Å²) in [5, 5.41) is 3.39. The first-order valence-corrected chi connectivity index (χ1v) is 6.41. The summed E-state index contributed by atoms with van der Waals surface area (Å²) in [6.07, 6.45) is -1.24. The summed E-state index contributed by atoms with van der Waals surface area (Å²) in [6.45, 7) is 3.80. The molecule has 1 fully saturated rings. The van der Waals surface area contributed by atoms with Crippen LogP contribution < -0.4 is 5.32 Å². The molecule has 1 unspecified atom stereocenters. The van der Waals surface area contributed by atoms with Gasteiger partial charge in [-0.2, -0.15) is 13.2 Å². The van der Waals surface area contributed by atoms with Gasteiger partial charge < -0.3 is 10.1 Å². The second kappa shape index (κ2) is 7.21. The van der Waals surface area contributed by atoms with Crippen molar-refractivity contribution in [2.24, 2.45) is 5.92 Å². The number of nitrogens with one attached hydrogen (secondary N) is 1. The van der Waals surface area contributed by atoms with Crippen LogP contribution in [0.2, 0.25) is 0 Å². The van der Waals surface area contributed by atoms with Gasteiger partial charge in [0, 0.05) is 19.1 Å². The van der Waals surface area contributed by atoms with Crippen molar-refractivity contribution < 1.29 is 17.9 Å². The van der Waals surface area contributed by atoms with Gasteiger partial charge in [-0.05, 0) is 38.1 Å². The van der Waals surface area contributed by atoms with Crippen molar-refractivity contribution in [2.75, 3.05) is 19.8 Å². The normalized spacial score (nSPS) is 18.4. The molecule has 0 radical (unpaired) electrons. The maximum absolute atomic E-state index is 11.9. The van der Waals surface area contributed by atoms with E-state index in [1.54, 1.807) is 0 Å². The fourth-order valence-corrected chi connectivity index (χ4v) is 1.77. The lowest BCUT2D eigenvalue weighted by atomic mass is 10.2. The van der Waals surface area contributed by atoms with Crippen molar-refractivity contribution in [1.29, 1.82) is 0 Å². The average Bonchev–Trinajstić information content (AvgIpc) is 3.04. The molecular weight excluding hydrogens is 231 g/mol. The van der Waals surface area contributed by atoms with Gasteiger partial charge in [-0.3, -0.25) is 0 Å². The van der Waals surface area contributed by atoms with E-state index in [1.165, 1.54) is 12.8 Å². The van der Waals surface area contributed by atoms with E-state index in [0.717, 1.165) is 13.0 Å². The fraction of sp³-hybridized carbons (Fsp3) is 1.00. The summed E-state index contributed by atoms with van der Waals surface area (Å²) in [7, 11) is 0. The van der Waals surface area contributed by atoms with Crippen molar-refractivity contribution >= 4 is 0 Å². The monoisotopic (exact) mass is 253 g/mol. The van der Waals surface area contributed by atoms with Crippen LogP contribution in [0.25, 0.3) is 0 Å². The molecule has 0 saturated heterocycles. The molecule has 1 N–H and O–H groups in total. The van der Waals surface area contributed by atoms with Crippen LogP contribution in [0.1, 0.15) is 39.0 Å². The summed E-state index contributed by atoms with van der Waals surface area (Å²) in [6, 6.07) is 0.334. The number of halogens is 3. The van der Waals surface area contributed by atoms with Crippen LogP contribution in [0.15, 0.2) is 0 Å². The Morgan fingerprint density at radius 2 is 2.06 bits per heavy atom. The van der Waals surface area contributed by atoms with Crippen molar-refractivity contribution in [2.45, 2.75) is 51.2 Å². The fourth-order valence-electron chi connectivity index (χ4n) is 1.77. The van der Waals surface area contributed by atoms with Gasteiger partial charge in [0.2, 0.25) is 0 Å². The minimum Gasteiger partial charge on any atom is -0.380 e. The Morgan fingerprint density at radius 3 is 2.59 bits per heavy atom. The Kier molecular flexibility index (Phi) is 6.27. The highest BCUT2D eigenvalue weighted by Gasteiger charge is 2.31. The maximum atomic E-state index is 11.9. The van der Waals surface area contributed by atoms with Gasteiger partial charge in [0.15, 0.2) is 0 Å². The predicted octanol–water partition coefficient (Wildman–Crippen LogP) is 3.12. The Balaban J connectivity index is 2.02. The lowest BCUT2D eigenvalue weighted by molar-refractivity contribution is -0.138. The highest BCUT2D eigenvalue weighted by atomic mass is 19.4. The standard InChI is InChI=1S/C12H22F3NO/c1-2-7-16-11(10-4-5-10)9-17-8-3-6-12(13,14)15/h10-11,16H,2-9H2,1H3. The molecule has 0 aromatic carbocycles. The molecule has 102 valence electrons. The molecule has 0 aromatic rings. The summed E-state index contributed by atoms with van der Waals surface area (Å²) in [5.41, 5.74) is 0. The third-order valence-corrected chi connectivity index (χ3v) is 2.89. The van der Waals surface area contributed by atoms with Crippen LogP contribution in [0, 0.1) is 5.92 Å². The number of ether oxygens (including phenoxy) is 1. The maximum Gasteiger partial charge on any atom is 0.389 e. The smallest absolute Gasteiger partial charge is 0.380 e. The van der Waals surface area contributed by atoms with E-state index in [4.69, 9.17) is 4.74 Å². The summed E-state index contributed by atoms with van der Waals surface area (Å²) in [5.74, 6) is 0.671. The SMILES string of the molecule is CCCNC(COCCCC(F)(F)F)C1CC1. The first kappa shape index (κ1) is 14.8. The van der Waals surface area contributed by atoms with E-state index in [2.05, 4.69) is 12.2 Å². The molecule has 0 spiro atoms. The first-order valence-electron chi connectivity index (χ1n) is 6.41. The molecule has 1 aliphatic rings. The van der Waals surface area contributed by atoms with Gasteiger partial charge in [-0.15, -0.1) is 0 Å². The zero-order valence-corrected chi connectivity index (χ0v) is 10.4. The highest BCUT2D eigenvalue weighted by molar-refractivity contribution is 4.86. The van der Waals surface area contributed by atoms with E-state index in [1.807, 2.05) is 0 Å². The predicted molar refractivity (Wildman–Crippen MR) is 60.9 cm³/mol. The van der Waals surface area contributed by atoms with Gasteiger partial charge in [0.1, 0.15) is 0 Å². The summed E-state index contributed by atoms with van der Waals surface area (Å²) in [4.78, 5) is 0. The van der Waals surface area contributed by atoms with Crippen LogP contribution >= 0.6 is 0 Å². The minimum absolute atomic E-state index is 0.0642. The molecule has 0 aromatic heterocycles. The number of rotatable bonds is 9. The molecule has 0 aliphatic heterocycles. The summed E-state index contributed by atoms with van der Waals surface area (Å²) >= 11 is 0. The Hall–Kier alpha value is -0.290. The van der Waals surface area contributed by atoms with E-state index in [9.17, 15) is 13.2 Å². The Labute approximate surface area is 101 Å². The first-order chi connectivity index (χ1) is 8.03. The van der Waals surface area contributed by atoms with Gasteiger partial charge in [-0.1, -0.05) is 6.92 Å². The van der Waals surface area contributed by atoms with Crippen molar-refractivity contribution in [3.8, 4) is 0 Å². The zero-order valence-electron chi connectivity index (χ0n) is 10.4. The lowest BCUT2D eigenvalue weighted by Gasteiger charge is -2.18. The van der Waals surface area contributed by atoms with Crippen LogP contribution in [-0.2, 0) is 4.74 Å². The van der Waals surface area contributed by atoms with Gasteiger partial charge in [0.05, 0.1) is 6.61 Å². The molecule has 1 atom stereocenters. The second-order valence-electron chi connectivity index (χ2n) is 4.69. The third-order valence-electron chi connectivity index (χ3n) is 2.89. The molecule has 0 heterocycles. The van der Waals surface area contributed by atoms with Gasteiger partial charge in [-0.25, -0.2) is 0 Å². The van der Waals surface area contributed by atoms with Crippen LogP contribution in [0.5, 0.6) is 0 Å². The van der Waals surface area contributed by atoms with E-state index in [-0.39, 0.29) is 13.0 Å². The molecule has 1 aliphatic carbocycles. The zero-order chi connectivity index (χ0) is 12.7. The number of hydrogen-bond donors (Lipinski definition) is 1. The molecule has 1 saturated carbocycles. The van der Waals surface area contributed by atoms with E-state index < -0.39 is 12.6 Å². The quantitative estimate of drug-likeness (QED) is 0.637. The van der Waals surface area contributed by atoms with E-state index in [0.29, 0.717) is 18.6 Å². The van der Waals surface area contributed by atoms with Crippen LogP contribution in [-0.4, -0.2) is 32.0 Å². The van der Waals surface area contributed by atoms with Crippen molar-refractivity contribution in [3.05, 3.63) is 0 Å². The van der Waals surface area contributed by atoms with E-state index >= 15 is 0 Å². The van der Waals surface area contributed by atoms with Crippen molar-refractivity contribution in [1.82, 2.24) is 5.32 Å². The molecule has 2 nitrogen and oxygen atoms in total. The summed E-state index contributed by atoms with van der Waals surface area (Å²) < 4.78 is 41.0. The largest absolute Gasteiger partial charge is 0.389 e. The Morgan fingerprint density at radius 1 is 1.35 bits per heavy atom. The minimum atomic E-state index is -4.06. The molecule has 1 rings (SSSR count). The highest BCUT2D eigenvalue weighted by Crippen LogP contribution is 2.32. The average molecular weight is 253 g/mol. The number of hydrogen-bond acceptors (Lipinski definition) is 2. The molecule has 5 heteroatoms. The molecule has 17 heavy (non-hydrogen) atoms. The van der Waals surface area contributed by atoms with Gasteiger partial charge >= 0.3 is 6.18 Å². The number of alkyl halides is 3. The van der Waals surface area contributed by atoms with Crippen LogP contribution in [0.3, 0.4) is 0 Å². The molecule has 0 amide bonds. The lowest BCUT2D eigenvalue weighted by Crippen LogP contribution is -2.36. The van der Waals surface area contributed by atoms with Crippen LogP contribution in [0.4, 0.5) is 13.2 Å². The van der Waals surface area contributed by atoms with Crippen molar-refractivity contribution in [3.63, 3.8) is 0 Å². The molecule has 0 bridgehead atoms. The van der Waals surface area contributed by atoms with Gasteiger partial charge in [0.25, 0.3) is 0 Å². The Bertz CT molecular complexity index is 204. The molecular formula is C12H22F3NO. The third kappa shape index (κ3) is 7.60. The topological polar surface area (TPSA) is 21.3 Å². The second-order valence-corrected chi connectivity index (χ2v) is 4.69.